The van der Waals surface area contributed by atoms with Crippen LogP contribution in [0.5, 0.6) is 0 Å². The van der Waals surface area contributed by atoms with Crippen LogP contribution in [-0.4, -0.2) is 23.9 Å². The Balaban J connectivity index is 2.37. The molecule has 0 aromatic heterocycles. The summed E-state index contributed by atoms with van der Waals surface area (Å²) in [4.78, 5) is 14.7. The quantitative estimate of drug-likeness (QED) is 0.904. The molecule has 112 valence electrons. The van der Waals surface area contributed by atoms with Crippen molar-refractivity contribution in [2.45, 2.75) is 39.2 Å². The van der Waals surface area contributed by atoms with E-state index in [0.717, 1.165) is 24.8 Å². The number of carbonyl (C=O) groups excluding carboxylic acids is 1. The van der Waals surface area contributed by atoms with Crippen LogP contribution in [0, 0.1) is 16.7 Å². The highest BCUT2D eigenvalue weighted by molar-refractivity contribution is 5.85. The molecular weight excluding hydrogens is 262 g/mol. The number of hydrogen-bond acceptors (Lipinski definition) is 3. The zero-order valence-corrected chi connectivity index (χ0v) is 12.8. The molecule has 1 amide bonds. The van der Waals surface area contributed by atoms with Gasteiger partial charge in [-0.1, -0.05) is 24.6 Å². The van der Waals surface area contributed by atoms with Crippen LogP contribution in [0.15, 0.2) is 24.3 Å². The zero-order chi connectivity index (χ0) is 15.5. The summed E-state index contributed by atoms with van der Waals surface area (Å²) in [5, 5.41) is 9.26. The number of benzene rings is 1. The van der Waals surface area contributed by atoms with E-state index >= 15 is 0 Å². The molecule has 4 heteroatoms. The molecule has 1 saturated carbocycles. The maximum atomic E-state index is 12.9. The minimum Gasteiger partial charge on any atom is -0.343 e. The van der Waals surface area contributed by atoms with Crippen LogP contribution in [0.2, 0.25) is 0 Å². The molecule has 2 rings (SSSR count). The maximum Gasteiger partial charge on any atom is 0.230 e. The second kappa shape index (κ2) is 6.28. The molecule has 1 aromatic carbocycles. The number of rotatable bonds is 5. The molecule has 0 saturated heterocycles. The van der Waals surface area contributed by atoms with Crippen LogP contribution in [0.1, 0.15) is 50.3 Å². The van der Waals surface area contributed by atoms with Crippen LogP contribution < -0.4 is 5.73 Å². The largest absolute Gasteiger partial charge is 0.343 e. The Morgan fingerprint density at radius 2 is 2.00 bits per heavy atom. The van der Waals surface area contributed by atoms with E-state index in [-0.39, 0.29) is 5.91 Å². The fourth-order valence-electron chi connectivity index (χ4n) is 3.21. The van der Waals surface area contributed by atoms with E-state index in [4.69, 9.17) is 5.73 Å². The van der Waals surface area contributed by atoms with Gasteiger partial charge < -0.3 is 10.6 Å². The molecule has 0 bridgehead atoms. The van der Waals surface area contributed by atoms with Crippen molar-refractivity contribution >= 4 is 5.91 Å². The zero-order valence-electron chi connectivity index (χ0n) is 12.8. The highest BCUT2D eigenvalue weighted by atomic mass is 16.2. The summed E-state index contributed by atoms with van der Waals surface area (Å²) in [5.74, 6) is 0.138. The Morgan fingerprint density at radius 1 is 1.38 bits per heavy atom. The Hall–Kier alpha value is -1.86. The fraction of sp³-hybridized carbons (Fsp3) is 0.529. The molecule has 0 aliphatic heterocycles. The van der Waals surface area contributed by atoms with Crippen molar-refractivity contribution in [3.8, 4) is 6.07 Å². The fourth-order valence-corrected chi connectivity index (χ4v) is 3.21. The first-order chi connectivity index (χ1) is 10.1. The summed E-state index contributed by atoms with van der Waals surface area (Å²) in [6.07, 6.45) is 2.64. The summed E-state index contributed by atoms with van der Waals surface area (Å²) in [6, 6.07) is 9.13. The Bertz CT molecular complexity index is 553. The van der Waals surface area contributed by atoms with Crippen molar-refractivity contribution in [2.24, 2.45) is 11.1 Å². The molecule has 0 radical (unpaired) electrons. The number of nitrogens with two attached hydrogens (primary N) is 1. The summed E-state index contributed by atoms with van der Waals surface area (Å²) in [6.45, 7) is 5.37. The second-order valence-corrected chi connectivity index (χ2v) is 5.66. The van der Waals surface area contributed by atoms with Gasteiger partial charge in [0.1, 0.15) is 0 Å². The van der Waals surface area contributed by atoms with Gasteiger partial charge in [-0.3, -0.25) is 4.79 Å². The lowest BCUT2D eigenvalue weighted by Crippen LogP contribution is -2.53. The van der Waals surface area contributed by atoms with Gasteiger partial charge in [-0.25, -0.2) is 0 Å². The summed E-state index contributed by atoms with van der Waals surface area (Å²) < 4.78 is 0. The van der Waals surface area contributed by atoms with Gasteiger partial charge in [0.15, 0.2) is 0 Å². The second-order valence-electron chi connectivity index (χ2n) is 5.66. The van der Waals surface area contributed by atoms with Crippen molar-refractivity contribution in [3.63, 3.8) is 0 Å². The van der Waals surface area contributed by atoms with Crippen LogP contribution in [0.3, 0.4) is 0 Å². The van der Waals surface area contributed by atoms with Crippen molar-refractivity contribution in [1.29, 1.82) is 5.26 Å². The predicted octanol–water partition coefficient (Wildman–Crippen LogP) is 2.60. The molecule has 2 N–H and O–H groups in total. The van der Waals surface area contributed by atoms with Crippen LogP contribution in [-0.2, 0) is 4.79 Å². The average molecular weight is 285 g/mol. The Kier molecular flexibility index (Phi) is 4.64. The van der Waals surface area contributed by atoms with Crippen LogP contribution >= 0.6 is 0 Å². The molecule has 1 aliphatic carbocycles. The summed E-state index contributed by atoms with van der Waals surface area (Å²) >= 11 is 0. The lowest BCUT2D eigenvalue weighted by molar-refractivity contribution is -0.149. The first kappa shape index (κ1) is 15.5. The molecule has 1 aliphatic rings. The van der Waals surface area contributed by atoms with E-state index in [1.165, 1.54) is 0 Å². The number of amides is 1. The van der Waals surface area contributed by atoms with Crippen molar-refractivity contribution in [1.82, 2.24) is 4.90 Å². The maximum absolute atomic E-state index is 12.9. The number of carbonyl (C=O) groups is 1. The first-order valence-corrected chi connectivity index (χ1v) is 7.64. The molecule has 0 heterocycles. The smallest absolute Gasteiger partial charge is 0.230 e. The summed E-state index contributed by atoms with van der Waals surface area (Å²) in [5.41, 5.74) is 7.30. The van der Waals surface area contributed by atoms with Crippen LogP contribution in [0.25, 0.3) is 0 Å². The highest BCUT2D eigenvalue weighted by Crippen LogP contribution is 2.50. The van der Waals surface area contributed by atoms with E-state index in [1.54, 1.807) is 6.07 Å². The van der Waals surface area contributed by atoms with Gasteiger partial charge in [-0.15, -0.1) is 0 Å². The lowest BCUT2D eigenvalue weighted by atomic mass is 9.61. The normalized spacial score (nSPS) is 17.4. The SMILES string of the molecule is CCN(CC)C(=O)C1(C(N)c2ccccc2C#N)CCC1. The van der Waals surface area contributed by atoms with E-state index in [2.05, 4.69) is 6.07 Å². The Labute approximate surface area is 126 Å². The van der Waals surface area contributed by atoms with Crippen molar-refractivity contribution in [2.75, 3.05) is 13.1 Å². The average Bonchev–Trinajstić information content (AvgIpc) is 2.47. The van der Waals surface area contributed by atoms with E-state index in [9.17, 15) is 10.1 Å². The number of nitriles is 1. The Morgan fingerprint density at radius 3 is 2.48 bits per heavy atom. The highest BCUT2D eigenvalue weighted by Gasteiger charge is 2.51. The van der Waals surface area contributed by atoms with E-state index in [1.807, 2.05) is 36.9 Å². The topological polar surface area (TPSA) is 70.1 Å². The molecule has 21 heavy (non-hydrogen) atoms. The number of nitrogens with zero attached hydrogens (tertiary/aromatic N) is 2. The summed E-state index contributed by atoms with van der Waals surface area (Å²) in [7, 11) is 0. The van der Waals surface area contributed by atoms with Gasteiger partial charge in [-0.05, 0) is 38.3 Å². The predicted molar refractivity (Wildman–Crippen MR) is 82.3 cm³/mol. The van der Waals surface area contributed by atoms with Gasteiger partial charge in [0.25, 0.3) is 0 Å². The molecule has 1 fully saturated rings. The van der Waals surface area contributed by atoms with Crippen molar-refractivity contribution in [3.05, 3.63) is 35.4 Å². The van der Waals surface area contributed by atoms with Gasteiger partial charge in [0.2, 0.25) is 5.91 Å². The van der Waals surface area contributed by atoms with E-state index < -0.39 is 11.5 Å². The molecule has 1 aromatic rings. The molecule has 0 spiro atoms. The number of hydrogen-bond donors (Lipinski definition) is 1. The standard InChI is InChI=1S/C17H23N3O/c1-3-20(4-2)16(21)17(10-7-11-17)15(19)14-9-6-5-8-13(14)12-18/h5-6,8-9,15H,3-4,7,10-11,19H2,1-2H3. The van der Waals surface area contributed by atoms with Crippen molar-refractivity contribution < 1.29 is 4.79 Å². The first-order valence-electron chi connectivity index (χ1n) is 7.64. The lowest BCUT2D eigenvalue weighted by Gasteiger charge is -2.47. The molecular formula is C17H23N3O. The third kappa shape index (κ3) is 2.54. The third-order valence-corrected chi connectivity index (χ3v) is 4.73. The minimum absolute atomic E-state index is 0.138. The van der Waals surface area contributed by atoms with Crippen LogP contribution in [0.4, 0.5) is 0 Å². The molecule has 4 nitrogen and oxygen atoms in total. The third-order valence-electron chi connectivity index (χ3n) is 4.73. The van der Waals surface area contributed by atoms with Gasteiger partial charge in [-0.2, -0.15) is 5.26 Å². The molecule has 1 atom stereocenters. The minimum atomic E-state index is -0.529. The van der Waals surface area contributed by atoms with Gasteiger partial charge in [0.05, 0.1) is 17.0 Å². The molecule has 1 unspecified atom stereocenters. The van der Waals surface area contributed by atoms with E-state index in [0.29, 0.717) is 18.7 Å². The van der Waals surface area contributed by atoms with Gasteiger partial charge in [0, 0.05) is 19.1 Å². The monoisotopic (exact) mass is 285 g/mol. The van der Waals surface area contributed by atoms with Gasteiger partial charge >= 0.3 is 0 Å².